The van der Waals surface area contributed by atoms with Gasteiger partial charge in [-0.3, -0.25) is 9.97 Å². The van der Waals surface area contributed by atoms with Gasteiger partial charge in [-0.05, 0) is 30.3 Å². The number of pyridine rings is 4. The van der Waals surface area contributed by atoms with Crippen molar-refractivity contribution in [3.05, 3.63) is 71.3 Å². The van der Waals surface area contributed by atoms with Crippen LogP contribution in [0.5, 0.6) is 0 Å². The van der Waals surface area contributed by atoms with Gasteiger partial charge in [0.25, 0.3) is 0 Å². The molecule has 4 rings (SSSR count). The number of hydrogen-bond donors (Lipinski definition) is 3. The van der Waals surface area contributed by atoms with Crippen molar-refractivity contribution in [1.82, 2.24) is 19.9 Å². The molecule has 0 radical (unpaired) electrons. The molecule has 0 spiro atoms. The van der Waals surface area contributed by atoms with E-state index in [9.17, 15) is 18.3 Å². The zero-order valence-corrected chi connectivity index (χ0v) is 16.9. The Morgan fingerprint density at radius 3 is 2.47 bits per heavy atom. The molecule has 1 atom stereocenters. The lowest BCUT2D eigenvalue weighted by Gasteiger charge is -2.12. The van der Waals surface area contributed by atoms with Crippen molar-refractivity contribution in [2.75, 3.05) is 11.9 Å². The molecular formula is C21H15ClF3N5O2. The van der Waals surface area contributed by atoms with Crippen LogP contribution in [0.4, 0.5) is 24.8 Å². The van der Waals surface area contributed by atoms with Crippen molar-refractivity contribution >= 4 is 34.1 Å². The van der Waals surface area contributed by atoms with Gasteiger partial charge in [0.2, 0.25) is 0 Å². The Hall–Kier alpha value is -3.34. The molecule has 11 heteroatoms. The number of aliphatic hydroxyl groups is 2. The third-order valence-corrected chi connectivity index (χ3v) is 4.92. The highest BCUT2D eigenvalue weighted by atomic mass is 35.5. The van der Waals surface area contributed by atoms with E-state index in [0.29, 0.717) is 33.5 Å². The highest BCUT2D eigenvalue weighted by Crippen LogP contribution is 2.32. The maximum Gasteiger partial charge on any atom is 0.417 e. The fourth-order valence-corrected chi connectivity index (χ4v) is 3.27. The molecule has 0 saturated carbocycles. The molecule has 1 unspecified atom stereocenters. The number of nitrogens with one attached hydrogen (secondary N) is 1. The van der Waals surface area contributed by atoms with Gasteiger partial charge in [-0.2, -0.15) is 13.2 Å². The predicted octanol–water partition coefficient (Wildman–Crippen LogP) is 4.53. The van der Waals surface area contributed by atoms with Crippen LogP contribution in [0.2, 0.25) is 5.02 Å². The maximum absolute atomic E-state index is 12.7. The van der Waals surface area contributed by atoms with Crippen molar-refractivity contribution < 1.29 is 23.4 Å². The Morgan fingerprint density at radius 2 is 1.81 bits per heavy atom. The van der Waals surface area contributed by atoms with Crippen molar-refractivity contribution in [3.8, 4) is 11.3 Å². The van der Waals surface area contributed by atoms with Crippen LogP contribution in [0.3, 0.4) is 0 Å². The van der Waals surface area contributed by atoms with Gasteiger partial charge in [0.15, 0.2) is 5.82 Å². The van der Waals surface area contributed by atoms with Gasteiger partial charge in [0.05, 0.1) is 22.9 Å². The van der Waals surface area contributed by atoms with Crippen LogP contribution < -0.4 is 5.32 Å². The Bertz CT molecular complexity index is 1270. The van der Waals surface area contributed by atoms with Crippen molar-refractivity contribution in [3.63, 3.8) is 0 Å². The fourth-order valence-electron chi connectivity index (χ4n) is 2.99. The molecule has 4 heterocycles. The van der Waals surface area contributed by atoms with Gasteiger partial charge in [-0.25, -0.2) is 9.97 Å². The van der Waals surface area contributed by atoms with E-state index >= 15 is 0 Å². The molecule has 0 aliphatic rings. The van der Waals surface area contributed by atoms with E-state index in [4.69, 9.17) is 16.7 Å². The molecule has 0 aromatic carbocycles. The lowest BCUT2D eigenvalue weighted by molar-refractivity contribution is -0.137. The molecule has 0 bridgehead atoms. The minimum atomic E-state index is -4.47. The molecular weight excluding hydrogens is 447 g/mol. The Balaban J connectivity index is 1.64. The summed E-state index contributed by atoms with van der Waals surface area (Å²) in [4.78, 5) is 16.7. The number of aliphatic hydroxyl groups excluding tert-OH is 2. The lowest BCUT2D eigenvalue weighted by Crippen LogP contribution is -2.06. The number of alkyl halides is 3. The average molecular weight is 462 g/mol. The van der Waals surface area contributed by atoms with Crippen molar-refractivity contribution in [2.24, 2.45) is 0 Å². The van der Waals surface area contributed by atoms with E-state index < -0.39 is 24.5 Å². The summed E-state index contributed by atoms with van der Waals surface area (Å²) in [6.07, 6.45) is -0.332. The summed E-state index contributed by atoms with van der Waals surface area (Å²) in [6, 6.07) is 7.16. The van der Waals surface area contributed by atoms with Crippen LogP contribution >= 0.6 is 11.6 Å². The first-order valence-electron chi connectivity index (χ1n) is 9.26. The molecule has 32 heavy (non-hydrogen) atoms. The molecule has 0 amide bonds. The quantitative estimate of drug-likeness (QED) is 0.401. The molecule has 7 nitrogen and oxygen atoms in total. The summed E-state index contributed by atoms with van der Waals surface area (Å²) in [7, 11) is 0. The van der Waals surface area contributed by atoms with Crippen LogP contribution in [0, 0.1) is 0 Å². The lowest BCUT2D eigenvalue weighted by atomic mass is 10.1. The summed E-state index contributed by atoms with van der Waals surface area (Å²) >= 11 is 6.30. The van der Waals surface area contributed by atoms with Gasteiger partial charge < -0.3 is 15.5 Å². The average Bonchev–Trinajstić information content (AvgIpc) is 2.78. The normalized spacial score (nSPS) is 12.7. The number of halogens is 4. The van der Waals surface area contributed by atoms with Gasteiger partial charge in [-0.1, -0.05) is 11.6 Å². The van der Waals surface area contributed by atoms with Crippen LogP contribution in [0.25, 0.3) is 22.2 Å². The minimum absolute atomic E-state index is 0.187. The third-order valence-electron chi connectivity index (χ3n) is 4.63. The molecule has 0 fully saturated rings. The third kappa shape index (κ3) is 4.47. The van der Waals surface area contributed by atoms with E-state index in [1.54, 1.807) is 12.1 Å². The summed E-state index contributed by atoms with van der Waals surface area (Å²) < 4.78 is 38.2. The van der Waals surface area contributed by atoms with Crippen LogP contribution in [-0.2, 0) is 6.18 Å². The molecule has 4 aromatic heterocycles. The second kappa shape index (κ2) is 8.65. The van der Waals surface area contributed by atoms with Crippen molar-refractivity contribution in [2.45, 2.75) is 12.3 Å². The van der Waals surface area contributed by atoms with Gasteiger partial charge in [-0.15, -0.1) is 0 Å². The SMILES string of the molecule is OCC(O)c1cnc(-c2cnc3c(Nc4ccc(C(F)(F)F)cn4)nccc3c2)c(Cl)c1. The molecule has 0 aliphatic heterocycles. The standard InChI is InChI=1S/C21H15ClF3N5O2/c22-15-6-12(16(32)10-31)7-28-18(15)13-5-11-3-4-26-20(19(11)29-8-13)30-17-2-1-14(9-27-17)21(23,24)25/h1-9,16,31-32H,10H2,(H,26,27,30). The summed E-state index contributed by atoms with van der Waals surface area (Å²) in [5, 5.41) is 22.6. The first-order valence-corrected chi connectivity index (χ1v) is 9.64. The molecule has 164 valence electrons. The second-order valence-corrected chi connectivity index (χ2v) is 7.21. The zero-order valence-electron chi connectivity index (χ0n) is 16.2. The number of hydrogen-bond acceptors (Lipinski definition) is 7. The summed E-state index contributed by atoms with van der Waals surface area (Å²) in [5.74, 6) is 0.508. The van der Waals surface area contributed by atoms with Crippen LogP contribution in [-0.4, -0.2) is 36.8 Å². The van der Waals surface area contributed by atoms with E-state index in [1.807, 2.05) is 0 Å². The topological polar surface area (TPSA) is 104 Å². The molecule has 0 aliphatic carbocycles. The van der Waals surface area contributed by atoms with E-state index in [2.05, 4.69) is 25.3 Å². The number of rotatable bonds is 5. The van der Waals surface area contributed by atoms with Crippen molar-refractivity contribution in [1.29, 1.82) is 0 Å². The Labute approximate surface area is 184 Å². The van der Waals surface area contributed by atoms with Gasteiger partial charge >= 0.3 is 6.18 Å². The number of anilines is 2. The number of aromatic nitrogens is 4. The smallest absolute Gasteiger partial charge is 0.393 e. The predicted molar refractivity (Wildman–Crippen MR) is 112 cm³/mol. The Morgan fingerprint density at radius 1 is 1.00 bits per heavy atom. The molecule has 3 N–H and O–H groups in total. The monoisotopic (exact) mass is 461 g/mol. The number of nitrogens with zero attached hydrogens (tertiary/aromatic N) is 4. The zero-order chi connectivity index (χ0) is 22.9. The van der Waals surface area contributed by atoms with E-state index in [-0.39, 0.29) is 10.8 Å². The Kier molecular flexibility index (Phi) is 5.92. The van der Waals surface area contributed by atoms with Crippen LogP contribution in [0.1, 0.15) is 17.2 Å². The highest BCUT2D eigenvalue weighted by Gasteiger charge is 2.30. The van der Waals surface area contributed by atoms with Crippen LogP contribution in [0.15, 0.2) is 55.1 Å². The summed E-state index contributed by atoms with van der Waals surface area (Å²) in [6.45, 7) is -0.453. The first-order chi connectivity index (χ1) is 15.3. The fraction of sp³-hybridized carbons (Fsp3) is 0.143. The largest absolute Gasteiger partial charge is 0.417 e. The first kappa shape index (κ1) is 21.9. The van der Waals surface area contributed by atoms with E-state index in [1.165, 1.54) is 30.7 Å². The van der Waals surface area contributed by atoms with Gasteiger partial charge in [0, 0.05) is 41.3 Å². The molecule has 4 aromatic rings. The highest BCUT2D eigenvalue weighted by molar-refractivity contribution is 6.33. The van der Waals surface area contributed by atoms with Gasteiger partial charge in [0.1, 0.15) is 17.4 Å². The maximum atomic E-state index is 12.7. The minimum Gasteiger partial charge on any atom is -0.393 e. The van der Waals surface area contributed by atoms with E-state index in [0.717, 1.165) is 12.3 Å². The second-order valence-electron chi connectivity index (χ2n) is 6.81. The number of fused-ring (bicyclic) bond motifs is 1. The summed E-state index contributed by atoms with van der Waals surface area (Å²) in [5.41, 5.74) is 1.05. The molecule has 0 saturated heterocycles.